The maximum atomic E-state index is 12.7. The summed E-state index contributed by atoms with van der Waals surface area (Å²) < 4.78 is 31.1. The first-order valence-electron chi connectivity index (χ1n) is 7.32. The van der Waals surface area contributed by atoms with E-state index in [4.69, 9.17) is 4.52 Å². The van der Waals surface area contributed by atoms with Gasteiger partial charge in [-0.15, -0.1) is 6.58 Å². The van der Waals surface area contributed by atoms with Crippen LogP contribution in [-0.4, -0.2) is 41.8 Å². The number of carbonyl (C=O) groups is 1. The van der Waals surface area contributed by atoms with Gasteiger partial charge in [-0.2, -0.15) is 4.31 Å². The highest BCUT2D eigenvalue weighted by Gasteiger charge is 2.26. The van der Waals surface area contributed by atoms with E-state index in [2.05, 4.69) is 17.1 Å². The van der Waals surface area contributed by atoms with Crippen LogP contribution in [0.5, 0.6) is 0 Å². The number of aryl methyl sites for hydroxylation is 1. The van der Waals surface area contributed by atoms with Crippen molar-refractivity contribution in [1.29, 1.82) is 0 Å². The third kappa shape index (κ3) is 4.52. The van der Waals surface area contributed by atoms with Gasteiger partial charge in [0.25, 0.3) is 5.69 Å². The molecular formula is C15H16N4O6S. The van der Waals surface area contributed by atoms with Crippen LogP contribution in [0.15, 0.2) is 52.4 Å². The molecule has 1 amide bonds. The maximum Gasteiger partial charge on any atom is 0.269 e. The van der Waals surface area contributed by atoms with Crippen LogP contribution in [-0.2, 0) is 14.8 Å². The summed E-state index contributed by atoms with van der Waals surface area (Å²) in [6.07, 6.45) is 1.33. The summed E-state index contributed by atoms with van der Waals surface area (Å²) in [4.78, 5) is 22.0. The number of hydrogen-bond donors (Lipinski definition) is 1. The van der Waals surface area contributed by atoms with Crippen molar-refractivity contribution in [3.63, 3.8) is 0 Å². The Morgan fingerprint density at radius 3 is 2.58 bits per heavy atom. The van der Waals surface area contributed by atoms with Crippen molar-refractivity contribution in [3.05, 3.63) is 58.9 Å². The second-order valence-corrected chi connectivity index (χ2v) is 7.15. The van der Waals surface area contributed by atoms with E-state index in [0.717, 1.165) is 28.6 Å². The minimum absolute atomic E-state index is 0.120. The Bertz CT molecular complexity index is 920. The Morgan fingerprint density at radius 2 is 2.08 bits per heavy atom. The molecule has 10 nitrogen and oxygen atoms in total. The number of aromatic nitrogens is 1. The number of benzene rings is 1. The van der Waals surface area contributed by atoms with E-state index in [1.165, 1.54) is 12.1 Å². The van der Waals surface area contributed by atoms with Crippen molar-refractivity contribution in [1.82, 2.24) is 9.46 Å². The van der Waals surface area contributed by atoms with Crippen LogP contribution in [0.3, 0.4) is 0 Å². The molecule has 138 valence electrons. The van der Waals surface area contributed by atoms with Crippen molar-refractivity contribution in [2.24, 2.45) is 0 Å². The van der Waals surface area contributed by atoms with Crippen molar-refractivity contribution in [3.8, 4) is 0 Å². The highest BCUT2D eigenvalue weighted by atomic mass is 32.2. The topological polar surface area (TPSA) is 136 Å². The van der Waals surface area contributed by atoms with Gasteiger partial charge in [-0.05, 0) is 19.1 Å². The average Bonchev–Trinajstić information content (AvgIpc) is 2.99. The van der Waals surface area contributed by atoms with Gasteiger partial charge in [-0.25, -0.2) is 8.42 Å². The predicted molar refractivity (Wildman–Crippen MR) is 91.9 cm³/mol. The van der Waals surface area contributed by atoms with Gasteiger partial charge in [0.15, 0.2) is 5.82 Å². The second kappa shape index (κ2) is 7.89. The number of rotatable bonds is 8. The van der Waals surface area contributed by atoms with E-state index in [1.807, 2.05) is 0 Å². The molecule has 1 heterocycles. The monoisotopic (exact) mass is 380 g/mol. The number of carbonyl (C=O) groups excluding carboxylic acids is 1. The van der Waals surface area contributed by atoms with Gasteiger partial charge < -0.3 is 9.84 Å². The van der Waals surface area contributed by atoms with Crippen LogP contribution < -0.4 is 5.32 Å². The van der Waals surface area contributed by atoms with Crippen LogP contribution in [0.2, 0.25) is 0 Å². The quantitative estimate of drug-likeness (QED) is 0.418. The summed E-state index contributed by atoms with van der Waals surface area (Å²) in [6, 6.07) is 5.87. The number of nitro groups is 1. The Hall–Kier alpha value is -3.05. The number of nitrogens with zero attached hydrogens (tertiary/aromatic N) is 3. The molecule has 0 atom stereocenters. The molecule has 11 heteroatoms. The molecule has 1 aromatic heterocycles. The zero-order chi connectivity index (χ0) is 19.3. The van der Waals surface area contributed by atoms with Gasteiger partial charge in [0.05, 0.1) is 16.4 Å². The molecule has 26 heavy (non-hydrogen) atoms. The van der Waals surface area contributed by atoms with Crippen LogP contribution in [0.4, 0.5) is 11.5 Å². The first kappa shape index (κ1) is 19.3. The number of non-ortho nitro benzene ring substituents is 1. The smallest absolute Gasteiger partial charge is 0.269 e. The maximum absolute atomic E-state index is 12.7. The summed E-state index contributed by atoms with van der Waals surface area (Å²) in [5.41, 5.74) is -0.238. The van der Waals surface area contributed by atoms with Crippen LogP contribution in [0, 0.1) is 17.0 Å². The minimum atomic E-state index is -4.05. The Labute approximate surface area is 149 Å². The molecule has 0 fully saturated rings. The molecule has 0 aliphatic carbocycles. The molecule has 0 aliphatic rings. The third-order valence-electron chi connectivity index (χ3n) is 3.23. The molecule has 0 bridgehead atoms. The summed E-state index contributed by atoms with van der Waals surface area (Å²) in [5, 5.41) is 16.7. The summed E-state index contributed by atoms with van der Waals surface area (Å²) in [6.45, 7) is 4.52. The Balaban J connectivity index is 2.19. The Kier molecular flexibility index (Phi) is 5.85. The summed E-state index contributed by atoms with van der Waals surface area (Å²) in [5.74, 6) is 0.0335. The van der Waals surface area contributed by atoms with Gasteiger partial charge in [-0.3, -0.25) is 14.9 Å². The molecule has 0 spiro atoms. The molecule has 0 saturated carbocycles. The highest BCUT2D eigenvalue weighted by molar-refractivity contribution is 7.89. The number of nitrogens with one attached hydrogen (secondary N) is 1. The number of nitro benzene ring substituents is 1. The fourth-order valence-corrected chi connectivity index (χ4v) is 3.42. The van der Waals surface area contributed by atoms with Crippen molar-refractivity contribution in [2.75, 3.05) is 18.4 Å². The lowest BCUT2D eigenvalue weighted by Crippen LogP contribution is -2.38. The number of hydrogen-bond acceptors (Lipinski definition) is 7. The zero-order valence-corrected chi connectivity index (χ0v) is 14.6. The molecule has 2 rings (SSSR count). The zero-order valence-electron chi connectivity index (χ0n) is 13.8. The van der Waals surface area contributed by atoms with Gasteiger partial charge >= 0.3 is 0 Å². The fraction of sp³-hybridized carbons (Fsp3) is 0.200. The van der Waals surface area contributed by atoms with Crippen LogP contribution >= 0.6 is 0 Å². The van der Waals surface area contributed by atoms with Crippen molar-refractivity contribution in [2.45, 2.75) is 11.8 Å². The lowest BCUT2D eigenvalue weighted by atomic mass is 10.3. The van der Waals surface area contributed by atoms with Gasteiger partial charge in [0.2, 0.25) is 15.9 Å². The molecule has 0 radical (unpaired) electrons. The normalized spacial score (nSPS) is 11.3. The summed E-state index contributed by atoms with van der Waals surface area (Å²) in [7, 11) is -4.05. The molecule has 2 aromatic rings. The molecule has 0 unspecified atom stereocenters. The lowest BCUT2D eigenvalue weighted by molar-refractivity contribution is -0.384. The molecule has 1 N–H and O–H groups in total. The first-order valence-corrected chi connectivity index (χ1v) is 8.76. The molecular weight excluding hydrogens is 364 g/mol. The summed E-state index contributed by atoms with van der Waals surface area (Å²) >= 11 is 0. The third-order valence-corrected chi connectivity index (χ3v) is 5.06. The number of sulfonamides is 1. The number of amides is 1. The first-order chi connectivity index (χ1) is 12.2. The lowest BCUT2D eigenvalue weighted by Gasteiger charge is -2.19. The van der Waals surface area contributed by atoms with Gasteiger partial charge in [-0.1, -0.05) is 11.2 Å². The van der Waals surface area contributed by atoms with E-state index in [0.29, 0.717) is 5.76 Å². The van der Waals surface area contributed by atoms with E-state index >= 15 is 0 Å². The van der Waals surface area contributed by atoms with E-state index < -0.39 is 27.4 Å². The highest BCUT2D eigenvalue weighted by Crippen LogP contribution is 2.19. The van der Waals surface area contributed by atoms with Gasteiger partial charge in [0.1, 0.15) is 5.76 Å². The molecule has 0 saturated heterocycles. The Morgan fingerprint density at radius 1 is 1.42 bits per heavy atom. The second-order valence-electron chi connectivity index (χ2n) is 5.21. The van der Waals surface area contributed by atoms with E-state index in [9.17, 15) is 23.3 Å². The standard InChI is InChI=1S/C15H16N4O6S/c1-3-8-18(10-15(20)16-14-9-11(2)25-17-14)26(23,24)13-6-4-12(5-7-13)19(21)22/h3-7,9H,1,8,10H2,2H3,(H,16,17,20). The molecule has 0 aliphatic heterocycles. The predicted octanol–water partition coefficient (Wildman–Crippen LogP) is 1.71. The largest absolute Gasteiger partial charge is 0.360 e. The van der Waals surface area contributed by atoms with Crippen molar-refractivity contribution >= 4 is 27.4 Å². The fourth-order valence-electron chi connectivity index (χ4n) is 2.05. The minimum Gasteiger partial charge on any atom is -0.360 e. The van der Waals surface area contributed by atoms with Gasteiger partial charge in [0, 0.05) is 24.7 Å². The number of anilines is 1. The van der Waals surface area contributed by atoms with Crippen molar-refractivity contribution < 1.29 is 22.7 Å². The SMILES string of the molecule is C=CCN(CC(=O)Nc1cc(C)on1)S(=O)(=O)c1ccc([N+](=O)[O-])cc1. The van der Waals surface area contributed by atoms with Crippen LogP contribution in [0.25, 0.3) is 0 Å². The van der Waals surface area contributed by atoms with Crippen LogP contribution in [0.1, 0.15) is 5.76 Å². The molecule has 1 aromatic carbocycles. The van der Waals surface area contributed by atoms with E-state index in [-0.39, 0.29) is 22.9 Å². The van der Waals surface area contributed by atoms with E-state index in [1.54, 1.807) is 6.92 Å². The average molecular weight is 380 g/mol.